The van der Waals surface area contributed by atoms with Gasteiger partial charge in [-0.3, -0.25) is 9.97 Å². The zero-order chi connectivity index (χ0) is 30.5. The third-order valence-electron chi connectivity index (χ3n) is 10.3. The molecule has 5 aromatic carbocycles. The number of fused-ring (bicyclic) bond motifs is 8. The lowest BCUT2D eigenvalue weighted by Gasteiger charge is -2.50. The van der Waals surface area contributed by atoms with Gasteiger partial charge in [0.05, 0.1) is 28.5 Å². The van der Waals surface area contributed by atoms with Crippen LogP contribution in [0.25, 0.3) is 44.1 Å². The Balaban J connectivity index is 1.48. The van der Waals surface area contributed by atoms with Crippen molar-refractivity contribution >= 4 is 38.6 Å². The van der Waals surface area contributed by atoms with Crippen molar-refractivity contribution < 1.29 is 0 Å². The van der Waals surface area contributed by atoms with E-state index in [2.05, 4.69) is 136 Å². The number of aromatic nitrogens is 2. The lowest BCUT2D eigenvalue weighted by Crippen LogP contribution is -2.38. The standard InChI is InChI=1S/C42H33N3/c1-41(2)32-18-13-19-33-40(32)45(36-24-30(34-20-9-11-22-43-34)26-14-5-7-16-28(26)38(36)41)37-25-31(35-21-10-12-23-44-35)27-15-6-8-17-29(27)39(37)42(33,3)4/h5-25H,1-4H3. The van der Waals surface area contributed by atoms with Crippen LogP contribution in [0.4, 0.5) is 17.1 Å². The van der Waals surface area contributed by atoms with Gasteiger partial charge in [-0.1, -0.05) is 107 Å². The van der Waals surface area contributed by atoms with Crippen LogP contribution in [0.2, 0.25) is 0 Å². The number of nitrogens with zero attached hydrogens (tertiary/aromatic N) is 3. The lowest BCUT2D eigenvalue weighted by atomic mass is 9.64. The van der Waals surface area contributed by atoms with E-state index in [-0.39, 0.29) is 10.8 Å². The zero-order valence-corrected chi connectivity index (χ0v) is 26.0. The van der Waals surface area contributed by atoms with Gasteiger partial charge in [0, 0.05) is 34.4 Å². The second-order valence-electron chi connectivity index (χ2n) is 13.4. The van der Waals surface area contributed by atoms with Crippen LogP contribution in [0.3, 0.4) is 0 Å². The molecule has 0 N–H and O–H groups in total. The minimum atomic E-state index is -0.228. The zero-order valence-electron chi connectivity index (χ0n) is 26.0. The topological polar surface area (TPSA) is 29.0 Å². The van der Waals surface area contributed by atoms with E-state index in [0.29, 0.717) is 0 Å². The van der Waals surface area contributed by atoms with Crippen LogP contribution in [-0.2, 0) is 10.8 Å². The van der Waals surface area contributed by atoms with Crippen LogP contribution < -0.4 is 4.90 Å². The van der Waals surface area contributed by atoms with Gasteiger partial charge in [0.25, 0.3) is 0 Å². The molecule has 45 heavy (non-hydrogen) atoms. The van der Waals surface area contributed by atoms with E-state index in [4.69, 9.17) is 9.97 Å². The van der Waals surface area contributed by atoms with Crippen molar-refractivity contribution in [2.24, 2.45) is 0 Å². The first kappa shape index (κ1) is 26.2. The van der Waals surface area contributed by atoms with E-state index in [9.17, 15) is 0 Å². The SMILES string of the molecule is CC1(C)c2cccc3c2N(c2cc(-c4ccccn4)c4ccccc4c21)c1cc(-c2ccccn2)c2ccccc2c1C3(C)C. The Morgan fingerprint density at radius 1 is 0.467 bits per heavy atom. The van der Waals surface area contributed by atoms with Gasteiger partial charge in [-0.25, -0.2) is 0 Å². The van der Waals surface area contributed by atoms with Gasteiger partial charge in [0.1, 0.15) is 0 Å². The summed E-state index contributed by atoms with van der Waals surface area (Å²) in [6.45, 7) is 9.59. The molecule has 2 aliphatic heterocycles. The van der Waals surface area contributed by atoms with Gasteiger partial charge in [-0.2, -0.15) is 0 Å². The number of rotatable bonds is 2. The maximum atomic E-state index is 4.85. The molecule has 0 spiro atoms. The summed E-state index contributed by atoms with van der Waals surface area (Å²) in [6, 6.07) is 41.9. The minimum absolute atomic E-state index is 0.228. The molecule has 0 amide bonds. The van der Waals surface area contributed by atoms with E-state index in [1.165, 1.54) is 60.9 Å². The Bertz CT molecular complexity index is 2160. The summed E-state index contributed by atoms with van der Waals surface area (Å²) in [6.07, 6.45) is 3.79. The van der Waals surface area contributed by atoms with Gasteiger partial charge in [-0.05, 0) is 80.2 Å². The third kappa shape index (κ3) is 3.47. The van der Waals surface area contributed by atoms with E-state index in [0.717, 1.165) is 22.5 Å². The molecule has 3 nitrogen and oxygen atoms in total. The Kier molecular flexibility index (Phi) is 5.30. The summed E-state index contributed by atoms with van der Waals surface area (Å²) in [7, 11) is 0. The van der Waals surface area contributed by atoms with Crippen molar-refractivity contribution in [2.45, 2.75) is 38.5 Å². The number of pyridine rings is 2. The van der Waals surface area contributed by atoms with Crippen molar-refractivity contribution in [1.29, 1.82) is 0 Å². The molecule has 7 aromatic rings. The maximum Gasteiger partial charge on any atom is 0.0708 e. The van der Waals surface area contributed by atoms with Crippen LogP contribution in [0.5, 0.6) is 0 Å². The largest absolute Gasteiger partial charge is 0.309 e. The van der Waals surface area contributed by atoms with Gasteiger partial charge >= 0.3 is 0 Å². The van der Waals surface area contributed by atoms with Gasteiger partial charge < -0.3 is 4.90 Å². The summed E-state index contributed by atoms with van der Waals surface area (Å²) in [5.74, 6) is 0. The number of para-hydroxylation sites is 1. The quantitative estimate of drug-likeness (QED) is 0.204. The first-order valence-corrected chi connectivity index (χ1v) is 15.8. The highest BCUT2D eigenvalue weighted by molar-refractivity contribution is 6.10. The monoisotopic (exact) mass is 579 g/mol. The van der Waals surface area contributed by atoms with E-state index < -0.39 is 0 Å². The first-order chi connectivity index (χ1) is 21.9. The van der Waals surface area contributed by atoms with Crippen LogP contribution in [0, 0.1) is 0 Å². The lowest BCUT2D eigenvalue weighted by molar-refractivity contribution is 0.603. The van der Waals surface area contributed by atoms with E-state index in [1.807, 2.05) is 24.5 Å². The van der Waals surface area contributed by atoms with Crippen LogP contribution in [0.1, 0.15) is 49.9 Å². The molecule has 0 saturated carbocycles. The predicted molar refractivity (Wildman–Crippen MR) is 187 cm³/mol. The number of hydrogen-bond donors (Lipinski definition) is 0. The number of hydrogen-bond acceptors (Lipinski definition) is 3. The fourth-order valence-electron chi connectivity index (χ4n) is 8.29. The normalized spacial score (nSPS) is 15.4. The highest BCUT2D eigenvalue weighted by Gasteiger charge is 2.47. The van der Waals surface area contributed by atoms with Crippen LogP contribution in [-0.4, -0.2) is 9.97 Å². The molecule has 0 saturated heterocycles. The van der Waals surface area contributed by atoms with Crippen LogP contribution in [0.15, 0.2) is 128 Å². The summed E-state index contributed by atoms with van der Waals surface area (Å²) in [5.41, 5.74) is 13.0. The highest BCUT2D eigenvalue weighted by atomic mass is 15.2. The maximum absolute atomic E-state index is 4.85. The fourth-order valence-corrected chi connectivity index (χ4v) is 8.29. The Labute approximate surface area is 263 Å². The molecule has 0 unspecified atom stereocenters. The van der Waals surface area contributed by atoms with Crippen LogP contribution >= 0.6 is 0 Å². The predicted octanol–water partition coefficient (Wildman–Crippen LogP) is 10.9. The van der Waals surface area contributed by atoms with Crippen molar-refractivity contribution in [3.63, 3.8) is 0 Å². The molecule has 4 heterocycles. The number of anilines is 3. The summed E-state index contributed by atoms with van der Waals surface area (Å²) < 4.78 is 0. The molecule has 0 bridgehead atoms. The molecule has 216 valence electrons. The molecular formula is C42H33N3. The molecular weight excluding hydrogens is 546 g/mol. The average Bonchev–Trinajstić information content (AvgIpc) is 3.07. The first-order valence-electron chi connectivity index (χ1n) is 15.8. The molecule has 0 radical (unpaired) electrons. The Hall–Kier alpha value is -5.28. The summed E-state index contributed by atoms with van der Waals surface area (Å²) in [5, 5.41) is 5.00. The van der Waals surface area contributed by atoms with Gasteiger partial charge in [0.2, 0.25) is 0 Å². The van der Waals surface area contributed by atoms with Gasteiger partial charge in [0.15, 0.2) is 0 Å². The molecule has 2 aromatic heterocycles. The molecule has 0 fully saturated rings. The summed E-state index contributed by atoms with van der Waals surface area (Å²) in [4.78, 5) is 12.3. The Morgan fingerprint density at radius 2 is 0.889 bits per heavy atom. The molecule has 3 heteroatoms. The van der Waals surface area contributed by atoms with Crippen molar-refractivity contribution in [1.82, 2.24) is 9.97 Å². The fraction of sp³-hybridized carbons (Fsp3) is 0.143. The second-order valence-corrected chi connectivity index (χ2v) is 13.4. The molecule has 0 aliphatic carbocycles. The highest BCUT2D eigenvalue weighted by Crippen LogP contribution is 2.63. The van der Waals surface area contributed by atoms with E-state index >= 15 is 0 Å². The van der Waals surface area contributed by atoms with E-state index in [1.54, 1.807) is 0 Å². The summed E-state index contributed by atoms with van der Waals surface area (Å²) >= 11 is 0. The number of benzene rings is 5. The molecule has 9 rings (SSSR count). The minimum Gasteiger partial charge on any atom is -0.309 e. The van der Waals surface area contributed by atoms with Crippen molar-refractivity contribution in [3.05, 3.63) is 150 Å². The second kappa shape index (κ2) is 9.12. The van der Waals surface area contributed by atoms with Crippen molar-refractivity contribution in [3.8, 4) is 22.5 Å². The smallest absolute Gasteiger partial charge is 0.0708 e. The Morgan fingerprint density at radius 3 is 1.31 bits per heavy atom. The van der Waals surface area contributed by atoms with Gasteiger partial charge in [-0.15, -0.1) is 0 Å². The third-order valence-corrected chi connectivity index (χ3v) is 10.3. The average molecular weight is 580 g/mol. The molecule has 2 aliphatic rings. The molecule has 0 atom stereocenters. The van der Waals surface area contributed by atoms with Crippen molar-refractivity contribution in [2.75, 3.05) is 4.90 Å².